The Morgan fingerprint density at radius 2 is 2.20 bits per heavy atom. The van der Waals surface area contributed by atoms with Gasteiger partial charge in [-0.25, -0.2) is 0 Å². The molecule has 0 N–H and O–H groups in total. The van der Waals surface area contributed by atoms with Gasteiger partial charge in [-0.1, -0.05) is 0 Å². The van der Waals surface area contributed by atoms with Crippen LogP contribution in [-0.4, -0.2) is 11.5 Å². The molecule has 0 fully saturated rings. The Morgan fingerprint density at radius 3 is 2.67 bits per heavy atom. The van der Waals surface area contributed by atoms with Crippen LogP contribution in [-0.2, 0) is 19.4 Å². The quantitative estimate of drug-likeness (QED) is 0.741. The molecule has 0 saturated carbocycles. The van der Waals surface area contributed by atoms with Crippen LogP contribution < -0.4 is 4.74 Å². The van der Waals surface area contributed by atoms with E-state index in [-0.39, 0.29) is 0 Å². The van der Waals surface area contributed by atoms with E-state index in [9.17, 15) is 0 Å². The fourth-order valence-corrected chi connectivity index (χ4v) is 1.94. The van der Waals surface area contributed by atoms with Gasteiger partial charge in [0, 0.05) is 0 Å². The van der Waals surface area contributed by atoms with Crippen molar-refractivity contribution in [2.75, 3.05) is 7.11 Å². The molecule has 0 amide bonds. The number of ether oxygens (including phenoxy) is 1. The summed E-state index contributed by atoms with van der Waals surface area (Å²) in [6.07, 6.45) is 3.96. The zero-order valence-electron chi connectivity index (χ0n) is 8.99. The van der Waals surface area contributed by atoms with Crippen molar-refractivity contribution in [3.05, 3.63) is 48.1 Å². The number of hydrogen-bond acceptors (Lipinski definition) is 1. The zero-order valence-corrected chi connectivity index (χ0v) is 11.9. The Balaban J connectivity index is 3.16. The number of benzene rings is 1. The minimum absolute atomic E-state index is 0.924. The Morgan fingerprint density at radius 1 is 1.47 bits per heavy atom. The standard InChI is InChI=1S/C13H14O.W/c1-5-11(6-2)12-7-8-13(14-4)10(3)9-12;/h1,5-9H,2H2,3-4H3;. The van der Waals surface area contributed by atoms with Crippen molar-refractivity contribution >= 4 is 9.97 Å². The summed E-state index contributed by atoms with van der Waals surface area (Å²) in [5.74, 6) is 0.924. The van der Waals surface area contributed by atoms with Crippen LogP contribution in [0.2, 0.25) is 0 Å². The number of rotatable bonds is 4. The zero-order chi connectivity index (χ0) is 11.3. The summed E-state index contributed by atoms with van der Waals surface area (Å²) >= 11 is 1.44. The predicted molar refractivity (Wildman–Crippen MR) is 62.0 cm³/mol. The molecule has 0 aliphatic rings. The van der Waals surface area contributed by atoms with Gasteiger partial charge in [-0.3, -0.25) is 0 Å². The van der Waals surface area contributed by atoms with Gasteiger partial charge < -0.3 is 0 Å². The second-order valence-electron chi connectivity index (χ2n) is 3.15. The molecule has 0 radical (unpaired) electrons. The summed E-state index contributed by atoms with van der Waals surface area (Å²) in [5, 5.41) is 0. The van der Waals surface area contributed by atoms with Crippen molar-refractivity contribution in [2.45, 2.75) is 6.92 Å². The molecule has 0 spiro atoms. The van der Waals surface area contributed by atoms with E-state index in [1.54, 1.807) is 7.11 Å². The number of methoxy groups -OCH3 is 1. The van der Waals surface area contributed by atoms with Gasteiger partial charge in [0.15, 0.2) is 0 Å². The molecule has 78 valence electrons. The van der Waals surface area contributed by atoms with Gasteiger partial charge in [-0.15, -0.1) is 0 Å². The van der Waals surface area contributed by atoms with Crippen molar-refractivity contribution in [3.8, 4) is 5.75 Å². The third-order valence-corrected chi connectivity index (χ3v) is 2.68. The van der Waals surface area contributed by atoms with E-state index in [4.69, 9.17) is 4.74 Å². The molecule has 1 aromatic carbocycles. The fraction of sp³-hybridized carbons (Fsp3) is 0.154. The molecule has 0 unspecified atom stereocenters. The van der Waals surface area contributed by atoms with Gasteiger partial charge in [0.2, 0.25) is 0 Å². The molecule has 1 aromatic rings. The molecular formula is C13H14OW. The molecule has 0 aliphatic carbocycles. The SMILES string of the molecule is C=CC(=C[CH]=[W])c1ccc(OC)c(C)c1. The van der Waals surface area contributed by atoms with Crippen molar-refractivity contribution in [3.63, 3.8) is 0 Å². The van der Waals surface area contributed by atoms with Crippen LogP contribution >= 0.6 is 0 Å². The van der Waals surface area contributed by atoms with Crippen LogP contribution in [0.4, 0.5) is 0 Å². The van der Waals surface area contributed by atoms with Crippen LogP contribution in [0.3, 0.4) is 0 Å². The molecule has 0 aromatic heterocycles. The molecule has 0 heterocycles. The van der Waals surface area contributed by atoms with Crippen LogP contribution in [0.5, 0.6) is 5.75 Å². The van der Waals surface area contributed by atoms with Crippen molar-refractivity contribution in [1.82, 2.24) is 0 Å². The molecule has 0 aliphatic heterocycles. The average molecular weight is 370 g/mol. The maximum atomic E-state index is 5.22. The molecule has 1 rings (SSSR count). The van der Waals surface area contributed by atoms with E-state index in [0.29, 0.717) is 0 Å². The second kappa shape index (κ2) is 5.82. The van der Waals surface area contributed by atoms with Crippen molar-refractivity contribution < 1.29 is 24.1 Å². The van der Waals surface area contributed by atoms with Crippen molar-refractivity contribution in [1.29, 1.82) is 0 Å². The third-order valence-electron chi connectivity index (χ3n) is 2.20. The average Bonchev–Trinajstić information content (AvgIpc) is 2.25. The first kappa shape index (κ1) is 12.1. The monoisotopic (exact) mass is 370 g/mol. The van der Waals surface area contributed by atoms with Crippen LogP contribution in [0.25, 0.3) is 5.57 Å². The Labute approximate surface area is 102 Å². The fourth-order valence-electron chi connectivity index (χ4n) is 1.41. The Bertz CT molecular complexity index is 405. The first-order chi connectivity index (χ1) is 7.22. The number of hydrogen-bond donors (Lipinski definition) is 0. The van der Waals surface area contributed by atoms with E-state index >= 15 is 0 Å². The number of allylic oxidation sites excluding steroid dienone is 3. The van der Waals surface area contributed by atoms with E-state index in [0.717, 1.165) is 16.9 Å². The summed E-state index contributed by atoms with van der Waals surface area (Å²) in [7, 11) is 1.69. The first-order valence-electron chi connectivity index (χ1n) is 4.66. The Kier molecular flexibility index (Phi) is 4.71. The number of aryl methyl sites for hydroxylation is 1. The van der Waals surface area contributed by atoms with Crippen molar-refractivity contribution in [2.24, 2.45) is 0 Å². The van der Waals surface area contributed by atoms with Crippen LogP contribution in [0, 0.1) is 6.92 Å². The molecule has 0 saturated heterocycles. The van der Waals surface area contributed by atoms with Crippen LogP contribution in [0.15, 0.2) is 36.9 Å². The Hall–Kier alpha value is -0.942. The van der Waals surface area contributed by atoms with E-state index in [1.807, 2.05) is 19.1 Å². The summed E-state index contributed by atoms with van der Waals surface area (Å²) in [6, 6.07) is 6.16. The molecular weight excluding hydrogens is 356 g/mol. The summed E-state index contributed by atoms with van der Waals surface area (Å²) in [6.45, 7) is 5.86. The third kappa shape index (κ3) is 3.00. The van der Waals surface area contributed by atoms with Gasteiger partial charge in [0.05, 0.1) is 0 Å². The van der Waals surface area contributed by atoms with Gasteiger partial charge in [0.1, 0.15) is 0 Å². The predicted octanol–water partition coefficient (Wildman–Crippen LogP) is 2.92. The molecule has 15 heavy (non-hydrogen) atoms. The topological polar surface area (TPSA) is 9.23 Å². The van der Waals surface area contributed by atoms with E-state index in [1.165, 1.54) is 24.9 Å². The summed E-state index contributed by atoms with van der Waals surface area (Å²) < 4.78 is 7.32. The van der Waals surface area contributed by atoms with E-state index < -0.39 is 0 Å². The van der Waals surface area contributed by atoms with E-state index in [2.05, 4.69) is 29.2 Å². The molecule has 2 heteroatoms. The van der Waals surface area contributed by atoms with Crippen LogP contribution in [0.1, 0.15) is 11.1 Å². The molecule has 1 nitrogen and oxygen atoms in total. The summed E-state index contributed by atoms with van der Waals surface area (Å²) in [4.78, 5) is 0. The molecule has 0 atom stereocenters. The van der Waals surface area contributed by atoms with Gasteiger partial charge in [-0.2, -0.15) is 0 Å². The normalized spacial score (nSPS) is 10.9. The van der Waals surface area contributed by atoms with Gasteiger partial charge in [0.25, 0.3) is 0 Å². The van der Waals surface area contributed by atoms with Gasteiger partial charge >= 0.3 is 102 Å². The molecule has 0 bridgehead atoms. The second-order valence-corrected chi connectivity index (χ2v) is 4.12. The first-order valence-corrected chi connectivity index (χ1v) is 6.35. The van der Waals surface area contributed by atoms with Gasteiger partial charge in [-0.05, 0) is 0 Å². The maximum absolute atomic E-state index is 5.22. The minimum atomic E-state index is 0.924. The summed E-state index contributed by atoms with van der Waals surface area (Å²) in [5.41, 5.74) is 3.47.